The Morgan fingerprint density at radius 3 is 2.94 bits per heavy atom. The van der Waals surface area contributed by atoms with Gasteiger partial charge in [-0.1, -0.05) is 0 Å². The number of rotatable bonds is 5. The highest BCUT2D eigenvalue weighted by molar-refractivity contribution is 9.10. The van der Waals surface area contributed by atoms with E-state index in [0.29, 0.717) is 6.54 Å². The van der Waals surface area contributed by atoms with E-state index in [-0.39, 0.29) is 11.8 Å². The third-order valence-corrected chi connectivity index (χ3v) is 2.84. The van der Waals surface area contributed by atoms with E-state index in [2.05, 4.69) is 31.5 Å². The Labute approximate surface area is 103 Å². The van der Waals surface area contributed by atoms with E-state index in [1.165, 1.54) is 0 Å². The molecule has 0 radical (unpaired) electrons. The van der Waals surface area contributed by atoms with Crippen LogP contribution in [-0.2, 0) is 4.79 Å². The number of amides is 1. The Kier molecular flexibility index (Phi) is 3.77. The SMILES string of the molecule is O=C(NCCNc1cncc(Br)c1)C1CC1. The van der Waals surface area contributed by atoms with Crippen LogP contribution >= 0.6 is 15.9 Å². The maximum atomic E-state index is 11.3. The van der Waals surface area contributed by atoms with Gasteiger partial charge in [-0.2, -0.15) is 0 Å². The molecule has 86 valence electrons. The highest BCUT2D eigenvalue weighted by atomic mass is 79.9. The molecule has 1 aromatic rings. The Hall–Kier alpha value is -1.10. The van der Waals surface area contributed by atoms with Crippen LogP contribution in [0.1, 0.15) is 12.8 Å². The Morgan fingerprint density at radius 2 is 2.25 bits per heavy atom. The summed E-state index contributed by atoms with van der Waals surface area (Å²) in [5, 5.41) is 6.09. The highest BCUT2D eigenvalue weighted by Gasteiger charge is 2.28. The standard InChI is InChI=1S/C11H14BrN3O/c12-9-5-10(7-13-6-9)14-3-4-15-11(16)8-1-2-8/h5-8,14H,1-4H2,(H,15,16). The van der Waals surface area contributed by atoms with Crippen molar-refractivity contribution in [2.45, 2.75) is 12.8 Å². The van der Waals surface area contributed by atoms with Crippen molar-refractivity contribution >= 4 is 27.5 Å². The number of carbonyl (C=O) groups excluding carboxylic acids is 1. The molecule has 1 aromatic heterocycles. The third kappa shape index (κ3) is 3.48. The number of halogens is 1. The van der Waals surface area contributed by atoms with Crippen molar-refractivity contribution in [3.8, 4) is 0 Å². The molecular weight excluding hydrogens is 270 g/mol. The lowest BCUT2D eigenvalue weighted by molar-refractivity contribution is -0.122. The fourth-order valence-electron chi connectivity index (χ4n) is 1.39. The Morgan fingerprint density at radius 1 is 1.44 bits per heavy atom. The molecule has 0 saturated heterocycles. The minimum absolute atomic E-state index is 0.189. The van der Waals surface area contributed by atoms with E-state index in [1.807, 2.05) is 6.07 Å². The van der Waals surface area contributed by atoms with Crippen LogP contribution in [-0.4, -0.2) is 24.0 Å². The van der Waals surface area contributed by atoms with Crippen LogP contribution in [0, 0.1) is 5.92 Å². The van der Waals surface area contributed by atoms with Gasteiger partial charge in [0, 0.05) is 29.7 Å². The topological polar surface area (TPSA) is 54.0 Å². The van der Waals surface area contributed by atoms with Gasteiger partial charge in [0.1, 0.15) is 0 Å². The average molecular weight is 284 g/mol. The zero-order valence-corrected chi connectivity index (χ0v) is 10.5. The number of aromatic nitrogens is 1. The highest BCUT2D eigenvalue weighted by Crippen LogP contribution is 2.28. The number of nitrogens with zero attached hydrogens (tertiary/aromatic N) is 1. The molecule has 0 aliphatic heterocycles. The summed E-state index contributed by atoms with van der Waals surface area (Å²) in [5.74, 6) is 0.474. The molecule has 1 amide bonds. The predicted octanol–water partition coefficient (Wildman–Crippen LogP) is 1.78. The van der Waals surface area contributed by atoms with Crippen LogP contribution < -0.4 is 10.6 Å². The average Bonchev–Trinajstić information content (AvgIpc) is 3.08. The zero-order chi connectivity index (χ0) is 11.4. The van der Waals surface area contributed by atoms with E-state index in [0.717, 1.165) is 29.5 Å². The van der Waals surface area contributed by atoms with E-state index in [1.54, 1.807) is 12.4 Å². The minimum atomic E-state index is 0.189. The van der Waals surface area contributed by atoms with E-state index in [4.69, 9.17) is 0 Å². The molecule has 2 N–H and O–H groups in total. The van der Waals surface area contributed by atoms with E-state index >= 15 is 0 Å². The maximum Gasteiger partial charge on any atom is 0.223 e. The van der Waals surface area contributed by atoms with Crippen LogP contribution in [0.3, 0.4) is 0 Å². The lowest BCUT2D eigenvalue weighted by Crippen LogP contribution is -2.29. The molecule has 16 heavy (non-hydrogen) atoms. The van der Waals surface area contributed by atoms with Crippen LogP contribution in [0.5, 0.6) is 0 Å². The lowest BCUT2D eigenvalue weighted by atomic mass is 10.4. The van der Waals surface area contributed by atoms with Crippen LogP contribution in [0.25, 0.3) is 0 Å². The van der Waals surface area contributed by atoms with Gasteiger partial charge in [0.15, 0.2) is 0 Å². The number of pyridine rings is 1. The molecule has 2 rings (SSSR count). The summed E-state index contributed by atoms with van der Waals surface area (Å²) >= 11 is 3.35. The quantitative estimate of drug-likeness (QED) is 0.810. The summed E-state index contributed by atoms with van der Waals surface area (Å²) in [5.41, 5.74) is 0.954. The van der Waals surface area contributed by atoms with Crippen molar-refractivity contribution in [3.05, 3.63) is 22.9 Å². The first-order chi connectivity index (χ1) is 7.75. The fourth-order valence-corrected chi connectivity index (χ4v) is 1.76. The van der Waals surface area contributed by atoms with Crippen molar-refractivity contribution in [2.24, 2.45) is 5.92 Å². The molecule has 1 heterocycles. The van der Waals surface area contributed by atoms with Crippen molar-refractivity contribution in [3.63, 3.8) is 0 Å². The molecule has 5 heteroatoms. The molecule has 0 bridgehead atoms. The molecule has 1 aliphatic rings. The summed E-state index contributed by atoms with van der Waals surface area (Å²) in [7, 11) is 0. The van der Waals surface area contributed by atoms with Gasteiger partial charge in [-0.3, -0.25) is 9.78 Å². The Balaban J connectivity index is 1.65. The first-order valence-corrected chi connectivity index (χ1v) is 6.17. The number of anilines is 1. The molecular formula is C11H14BrN3O. The number of carbonyl (C=O) groups is 1. The molecule has 1 saturated carbocycles. The minimum Gasteiger partial charge on any atom is -0.382 e. The smallest absolute Gasteiger partial charge is 0.223 e. The number of hydrogen-bond acceptors (Lipinski definition) is 3. The first-order valence-electron chi connectivity index (χ1n) is 5.38. The third-order valence-electron chi connectivity index (χ3n) is 2.41. The summed E-state index contributed by atoms with van der Waals surface area (Å²) in [6.07, 6.45) is 5.59. The van der Waals surface area contributed by atoms with Crippen molar-refractivity contribution in [1.82, 2.24) is 10.3 Å². The van der Waals surface area contributed by atoms with Crippen molar-refractivity contribution in [2.75, 3.05) is 18.4 Å². The summed E-state index contributed by atoms with van der Waals surface area (Å²) < 4.78 is 0.944. The van der Waals surface area contributed by atoms with Gasteiger partial charge in [0.2, 0.25) is 5.91 Å². The molecule has 1 fully saturated rings. The zero-order valence-electron chi connectivity index (χ0n) is 8.87. The molecule has 0 aromatic carbocycles. The van der Waals surface area contributed by atoms with Gasteiger partial charge in [0.25, 0.3) is 0 Å². The van der Waals surface area contributed by atoms with Gasteiger partial charge in [0.05, 0.1) is 11.9 Å². The predicted molar refractivity (Wildman–Crippen MR) is 66.2 cm³/mol. The lowest BCUT2D eigenvalue weighted by Gasteiger charge is -2.07. The van der Waals surface area contributed by atoms with Gasteiger partial charge >= 0.3 is 0 Å². The molecule has 1 aliphatic carbocycles. The monoisotopic (exact) mass is 283 g/mol. The van der Waals surface area contributed by atoms with Crippen molar-refractivity contribution < 1.29 is 4.79 Å². The first kappa shape index (κ1) is 11.4. The van der Waals surface area contributed by atoms with E-state index in [9.17, 15) is 4.79 Å². The number of hydrogen-bond donors (Lipinski definition) is 2. The van der Waals surface area contributed by atoms with Crippen LogP contribution in [0.15, 0.2) is 22.9 Å². The van der Waals surface area contributed by atoms with Crippen molar-refractivity contribution in [1.29, 1.82) is 0 Å². The second kappa shape index (κ2) is 5.30. The molecule has 4 nitrogen and oxygen atoms in total. The van der Waals surface area contributed by atoms with Crippen LogP contribution in [0.4, 0.5) is 5.69 Å². The van der Waals surface area contributed by atoms with Crippen LogP contribution in [0.2, 0.25) is 0 Å². The summed E-state index contributed by atoms with van der Waals surface area (Å²) in [6.45, 7) is 1.37. The second-order valence-corrected chi connectivity index (χ2v) is 4.80. The van der Waals surface area contributed by atoms with Gasteiger partial charge in [-0.15, -0.1) is 0 Å². The maximum absolute atomic E-state index is 11.3. The van der Waals surface area contributed by atoms with Gasteiger partial charge in [-0.25, -0.2) is 0 Å². The summed E-state index contributed by atoms with van der Waals surface area (Å²) in [4.78, 5) is 15.4. The number of nitrogens with one attached hydrogen (secondary N) is 2. The normalized spacial score (nSPS) is 14.6. The Bertz CT molecular complexity index is 379. The summed E-state index contributed by atoms with van der Waals surface area (Å²) in [6, 6.07) is 1.95. The largest absolute Gasteiger partial charge is 0.382 e. The second-order valence-electron chi connectivity index (χ2n) is 3.88. The molecule has 0 spiro atoms. The van der Waals surface area contributed by atoms with E-state index < -0.39 is 0 Å². The fraction of sp³-hybridized carbons (Fsp3) is 0.455. The molecule has 0 unspecified atom stereocenters. The van der Waals surface area contributed by atoms with Gasteiger partial charge in [-0.05, 0) is 34.8 Å². The van der Waals surface area contributed by atoms with Gasteiger partial charge < -0.3 is 10.6 Å². The molecule has 0 atom stereocenters.